The van der Waals surface area contributed by atoms with E-state index in [0.29, 0.717) is 6.04 Å². The van der Waals surface area contributed by atoms with Gasteiger partial charge < -0.3 is 26.2 Å². The largest absolute Gasteiger partial charge is 1.00 e. The van der Waals surface area contributed by atoms with Gasteiger partial charge in [0.2, 0.25) is 0 Å². The summed E-state index contributed by atoms with van der Waals surface area (Å²) in [6.07, 6.45) is 3.29. The second kappa shape index (κ2) is 9.39. The summed E-state index contributed by atoms with van der Waals surface area (Å²) in [5, 5.41) is 0. The van der Waals surface area contributed by atoms with Crippen molar-refractivity contribution in [1.82, 2.24) is 0 Å². The van der Waals surface area contributed by atoms with Crippen LogP contribution in [0.15, 0.2) is 67.3 Å². The molecule has 0 aliphatic carbocycles. The van der Waals surface area contributed by atoms with Crippen LogP contribution in [0.4, 0.5) is 10.5 Å². The lowest BCUT2D eigenvalue weighted by molar-refractivity contribution is -0.914. The van der Waals surface area contributed by atoms with Crippen molar-refractivity contribution in [2.45, 2.75) is 25.0 Å². The minimum absolute atomic E-state index is 0. The Morgan fingerprint density at radius 2 is 1.79 bits per heavy atom. The molecule has 0 bridgehead atoms. The molecule has 2 aromatic rings. The lowest BCUT2D eigenvalue weighted by Gasteiger charge is -2.42. The molecule has 2 atom stereocenters. The summed E-state index contributed by atoms with van der Waals surface area (Å²) in [4.78, 5) is 14.4. The number of anilines is 1. The van der Waals surface area contributed by atoms with Crippen molar-refractivity contribution in [3.8, 4) is 11.1 Å². The van der Waals surface area contributed by atoms with Crippen LogP contribution in [-0.2, 0) is 4.74 Å². The fourth-order valence-electron chi connectivity index (χ4n) is 3.75. The molecular formula is C23H29BrN2O2. The average molecular weight is 445 g/mol. The number of quaternary nitrogens is 1. The number of rotatable bonds is 4. The quantitative estimate of drug-likeness (QED) is 0.530. The lowest BCUT2D eigenvalue weighted by Crippen LogP contribution is -3.00. The van der Waals surface area contributed by atoms with Crippen molar-refractivity contribution in [2.24, 2.45) is 0 Å². The number of amides is 1. The Kier molecular flexibility index (Phi) is 7.44. The van der Waals surface area contributed by atoms with E-state index in [9.17, 15) is 4.79 Å². The summed E-state index contributed by atoms with van der Waals surface area (Å²) in [6.45, 7) is 4.93. The normalized spacial score (nSPS) is 20.5. The van der Waals surface area contributed by atoms with Gasteiger partial charge in [-0.05, 0) is 17.7 Å². The number of likely N-dealkylation sites (tertiary alicyclic amines) is 1. The van der Waals surface area contributed by atoms with Gasteiger partial charge in [0.15, 0.2) is 0 Å². The number of carbonyl (C=O) groups is 1. The fraction of sp³-hybridized carbons (Fsp3) is 0.348. The van der Waals surface area contributed by atoms with Crippen molar-refractivity contribution in [3.05, 3.63) is 67.3 Å². The van der Waals surface area contributed by atoms with Gasteiger partial charge in [-0.3, -0.25) is 4.90 Å². The van der Waals surface area contributed by atoms with Gasteiger partial charge in [-0.2, -0.15) is 0 Å². The highest BCUT2D eigenvalue weighted by Gasteiger charge is 2.36. The van der Waals surface area contributed by atoms with E-state index in [4.69, 9.17) is 4.74 Å². The Labute approximate surface area is 178 Å². The molecule has 150 valence electrons. The minimum Gasteiger partial charge on any atom is -1.00 e. The second-order valence-electron chi connectivity index (χ2n) is 7.78. The van der Waals surface area contributed by atoms with E-state index in [-0.39, 0.29) is 29.2 Å². The van der Waals surface area contributed by atoms with E-state index in [0.717, 1.165) is 40.7 Å². The fourth-order valence-corrected chi connectivity index (χ4v) is 3.75. The van der Waals surface area contributed by atoms with Crippen molar-refractivity contribution in [1.29, 1.82) is 0 Å². The zero-order chi connectivity index (χ0) is 19.4. The third kappa shape index (κ3) is 4.83. The zero-order valence-electron chi connectivity index (χ0n) is 16.8. The molecule has 1 aliphatic heterocycles. The van der Waals surface area contributed by atoms with Crippen LogP contribution in [0.25, 0.3) is 11.1 Å². The monoisotopic (exact) mass is 444 g/mol. The van der Waals surface area contributed by atoms with Crippen molar-refractivity contribution in [2.75, 3.05) is 32.6 Å². The average Bonchev–Trinajstić information content (AvgIpc) is 2.69. The number of likely N-dealkylation sites (N-methyl/N-ethyl adjacent to an activating group) is 1. The van der Waals surface area contributed by atoms with Gasteiger partial charge in [0.25, 0.3) is 0 Å². The smallest absolute Gasteiger partial charge is 0.414 e. The molecule has 2 aromatic carbocycles. The molecule has 0 radical (unpaired) electrons. The van der Waals surface area contributed by atoms with Crippen molar-refractivity contribution < 1.29 is 31.0 Å². The number of ether oxygens (including phenoxy) is 1. The summed E-state index contributed by atoms with van der Waals surface area (Å²) in [7, 11) is 6.18. The lowest BCUT2D eigenvalue weighted by atomic mass is 9.97. The van der Waals surface area contributed by atoms with Crippen molar-refractivity contribution in [3.63, 3.8) is 0 Å². The van der Waals surface area contributed by atoms with Crippen LogP contribution in [0.2, 0.25) is 0 Å². The first kappa shape index (κ1) is 22.2. The first-order valence-electron chi connectivity index (χ1n) is 9.46. The molecular weight excluding hydrogens is 416 g/mol. The van der Waals surface area contributed by atoms with E-state index in [1.165, 1.54) is 0 Å². The highest BCUT2D eigenvalue weighted by molar-refractivity contribution is 5.93. The molecule has 0 unspecified atom stereocenters. The predicted molar refractivity (Wildman–Crippen MR) is 111 cm³/mol. The topological polar surface area (TPSA) is 29.5 Å². The molecule has 0 aromatic heterocycles. The van der Waals surface area contributed by atoms with E-state index >= 15 is 0 Å². The number of hydrogen-bond acceptors (Lipinski definition) is 2. The minimum atomic E-state index is -0.307. The second-order valence-corrected chi connectivity index (χ2v) is 7.78. The highest BCUT2D eigenvalue weighted by atomic mass is 79.9. The van der Waals surface area contributed by atoms with Crippen LogP contribution < -0.4 is 21.9 Å². The summed E-state index contributed by atoms with van der Waals surface area (Å²) < 4.78 is 6.75. The Balaban J connectivity index is 0.00000280. The maximum Gasteiger partial charge on any atom is 0.414 e. The first-order valence-corrected chi connectivity index (χ1v) is 9.46. The third-order valence-electron chi connectivity index (χ3n) is 5.59. The molecule has 1 saturated heterocycles. The van der Waals surface area contributed by atoms with Gasteiger partial charge in [-0.25, -0.2) is 4.79 Å². The Morgan fingerprint density at radius 1 is 1.14 bits per heavy atom. The molecule has 4 nitrogen and oxygen atoms in total. The summed E-state index contributed by atoms with van der Waals surface area (Å²) in [5.41, 5.74) is 2.94. The van der Waals surface area contributed by atoms with Crippen LogP contribution >= 0.6 is 0 Å². The number of nitrogens with zero attached hydrogens (tertiary/aromatic N) is 2. The van der Waals surface area contributed by atoms with Gasteiger partial charge >= 0.3 is 6.09 Å². The van der Waals surface area contributed by atoms with Gasteiger partial charge in [0.1, 0.15) is 12.1 Å². The molecule has 0 saturated carbocycles. The number of halogens is 1. The van der Waals surface area contributed by atoms with Crippen LogP contribution in [0, 0.1) is 0 Å². The van der Waals surface area contributed by atoms with Crippen LogP contribution in [-0.4, -0.2) is 50.4 Å². The number of benzene rings is 2. The van der Waals surface area contributed by atoms with Crippen LogP contribution in [0.3, 0.4) is 0 Å². The summed E-state index contributed by atoms with van der Waals surface area (Å²) in [5.74, 6) is 0. The standard InChI is InChI=1S/C23H29N2O2.BrH/c1-5-19-17-20(15-16-25(19,3)4)27-23(26)24(2)22-14-10-9-13-21(22)18-11-7-6-8-12-18;/h5-14,19-20H,1,15-17H2,2-4H3;1H/q+1;/p-1/t19-,20+;/m1./s1. The Morgan fingerprint density at radius 3 is 2.46 bits per heavy atom. The summed E-state index contributed by atoms with van der Waals surface area (Å²) in [6, 6.07) is 18.3. The molecule has 0 spiro atoms. The van der Waals surface area contributed by atoms with E-state index in [1.807, 2.05) is 60.7 Å². The van der Waals surface area contributed by atoms with E-state index in [2.05, 4.69) is 20.7 Å². The number of piperidine rings is 1. The molecule has 28 heavy (non-hydrogen) atoms. The van der Waals surface area contributed by atoms with Crippen molar-refractivity contribution >= 4 is 11.8 Å². The number of para-hydroxylation sites is 1. The van der Waals surface area contributed by atoms with Gasteiger partial charge in [-0.15, -0.1) is 0 Å². The van der Waals surface area contributed by atoms with Gasteiger partial charge in [0.05, 0.1) is 26.3 Å². The molecule has 5 heteroatoms. The SMILES string of the molecule is C=C[C@@H]1C[C@@H](OC(=O)N(C)c2ccccc2-c2ccccc2)CC[N+]1(C)C.[Br-]. The molecule has 1 fully saturated rings. The van der Waals surface area contributed by atoms with E-state index in [1.54, 1.807) is 11.9 Å². The number of carbonyl (C=O) groups excluding carboxylic acids is 1. The Bertz CT molecular complexity index is 807. The predicted octanol–water partition coefficient (Wildman–Crippen LogP) is 1.72. The highest BCUT2D eigenvalue weighted by Crippen LogP contribution is 2.31. The third-order valence-corrected chi connectivity index (χ3v) is 5.59. The van der Waals surface area contributed by atoms with Crippen LogP contribution in [0.1, 0.15) is 12.8 Å². The van der Waals surface area contributed by atoms with Gasteiger partial charge in [0, 0.05) is 25.5 Å². The summed E-state index contributed by atoms with van der Waals surface area (Å²) >= 11 is 0. The zero-order valence-corrected chi connectivity index (χ0v) is 18.4. The first-order chi connectivity index (χ1) is 12.9. The molecule has 3 rings (SSSR count). The molecule has 1 amide bonds. The number of hydrogen-bond donors (Lipinski definition) is 0. The molecule has 1 heterocycles. The van der Waals surface area contributed by atoms with Crippen LogP contribution in [0.5, 0.6) is 0 Å². The maximum absolute atomic E-state index is 12.8. The Hall–Kier alpha value is -2.11. The van der Waals surface area contributed by atoms with E-state index < -0.39 is 0 Å². The maximum atomic E-state index is 12.8. The van der Waals surface area contributed by atoms with Gasteiger partial charge in [-0.1, -0.05) is 55.1 Å². The molecule has 0 N–H and O–H groups in total. The molecule has 1 aliphatic rings.